The second kappa shape index (κ2) is 3.53. The Kier molecular flexibility index (Phi) is 2.26. The number of hydrogen-bond acceptors (Lipinski definition) is 4. The first-order chi connectivity index (χ1) is 8.93. The number of carbonyl (C=O) groups is 1. The normalized spacial score (nSPS) is 59.5. The van der Waals surface area contributed by atoms with Gasteiger partial charge in [0.15, 0.2) is 0 Å². The maximum atomic E-state index is 11.9. The minimum Gasteiger partial charge on any atom is -0.459 e. The summed E-state index contributed by atoms with van der Waals surface area (Å²) in [7, 11) is 0. The van der Waals surface area contributed by atoms with Crippen LogP contribution in [0.5, 0.6) is 0 Å². The molecule has 0 aromatic heterocycles. The summed E-state index contributed by atoms with van der Waals surface area (Å²) in [5.74, 6) is 0.239. The SMILES string of the molecule is C[C@@H]1C(=O)O[C@H]2[C@H]1CC[C@@]1(C)O[C@@H]1CC[C@@]1(C)O[C@@H]21. The monoisotopic (exact) mass is 266 g/mol. The lowest BCUT2D eigenvalue weighted by molar-refractivity contribution is -0.144. The molecule has 19 heavy (non-hydrogen) atoms. The fourth-order valence-corrected chi connectivity index (χ4v) is 4.11. The first kappa shape index (κ1) is 12.2. The second-order valence-electron chi connectivity index (χ2n) is 7.20. The zero-order valence-corrected chi connectivity index (χ0v) is 11.8. The lowest BCUT2D eigenvalue weighted by Gasteiger charge is -2.21. The van der Waals surface area contributed by atoms with E-state index in [9.17, 15) is 4.79 Å². The average Bonchev–Trinajstić information content (AvgIpc) is 3.18. The standard InChI is InChI=1S/C15H22O4/c1-8-9-4-6-14(2)10(18-14)5-7-15(3)12(19-15)11(9)17-13(8)16/h8-12H,4-7H2,1-3H3/t8-,9-,10+,11-,12-,14+,15+/m0/s1. The highest BCUT2D eigenvalue weighted by Crippen LogP contribution is 2.54. The predicted molar refractivity (Wildman–Crippen MR) is 67.6 cm³/mol. The predicted octanol–water partition coefficient (Wildman–Crippen LogP) is 2.05. The van der Waals surface area contributed by atoms with Gasteiger partial charge < -0.3 is 14.2 Å². The smallest absolute Gasteiger partial charge is 0.309 e. The number of esters is 1. The fraction of sp³-hybridized carbons (Fsp3) is 0.933. The Bertz CT molecular complexity index is 436. The molecule has 0 N–H and O–H groups in total. The van der Waals surface area contributed by atoms with Crippen molar-refractivity contribution in [1.82, 2.24) is 0 Å². The van der Waals surface area contributed by atoms with Gasteiger partial charge in [-0.3, -0.25) is 4.79 Å². The highest BCUT2D eigenvalue weighted by Gasteiger charge is 2.64. The molecule has 7 atom stereocenters. The average molecular weight is 266 g/mol. The van der Waals surface area contributed by atoms with Gasteiger partial charge in [0.05, 0.1) is 23.2 Å². The Hall–Kier alpha value is -0.610. The van der Waals surface area contributed by atoms with Crippen LogP contribution in [-0.4, -0.2) is 35.5 Å². The maximum Gasteiger partial charge on any atom is 0.309 e. The molecule has 3 aliphatic heterocycles. The summed E-state index contributed by atoms with van der Waals surface area (Å²) in [4.78, 5) is 11.9. The molecule has 4 heteroatoms. The summed E-state index contributed by atoms with van der Waals surface area (Å²) in [5.41, 5.74) is -0.0640. The third-order valence-electron chi connectivity index (χ3n) is 5.84. The summed E-state index contributed by atoms with van der Waals surface area (Å²) in [6, 6.07) is 0. The van der Waals surface area contributed by atoms with Crippen molar-refractivity contribution in [2.75, 3.05) is 0 Å². The number of ether oxygens (including phenoxy) is 3. The first-order valence-corrected chi connectivity index (χ1v) is 7.49. The molecule has 0 unspecified atom stereocenters. The van der Waals surface area contributed by atoms with Crippen LogP contribution in [0.2, 0.25) is 0 Å². The zero-order chi connectivity index (χ0) is 13.4. The summed E-state index contributed by atoms with van der Waals surface area (Å²) < 4.78 is 17.4. The van der Waals surface area contributed by atoms with Crippen molar-refractivity contribution in [2.45, 2.75) is 76.0 Å². The van der Waals surface area contributed by atoms with Crippen LogP contribution >= 0.6 is 0 Å². The summed E-state index contributed by atoms with van der Waals surface area (Å²) >= 11 is 0. The lowest BCUT2D eigenvalue weighted by atomic mass is 9.79. The van der Waals surface area contributed by atoms with Crippen LogP contribution in [0.25, 0.3) is 0 Å². The Labute approximate surface area is 113 Å². The van der Waals surface area contributed by atoms with Gasteiger partial charge in [0.25, 0.3) is 0 Å². The number of hydrogen-bond donors (Lipinski definition) is 0. The fourth-order valence-electron chi connectivity index (χ4n) is 4.11. The van der Waals surface area contributed by atoms with Crippen molar-refractivity contribution >= 4 is 5.97 Å². The molecule has 0 amide bonds. The van der Waals surface area contributed by atoms with E-state index in [2.05, 4.69) is 13.8 Å². The quantitative estimate of drug-likeness (QED) is 0.497. The topological polar surface area (TPSA) is 51.4 Å². The number of fused-ring (bicyclic) bond motifs is 4. The van der Waals surface area contributed by atoms with Crippen LogP contribution in [0.3, 0.4) is 0 Å². The zero-order valence-electron chi connectivity index (χ0n) is 11.8. The third kappa shape index (κ3) is 1.69. The Balaban J connectivity index is 1.60. The van der Waals surface area contributed by atoms with E-state index < -0.39 is 0 Å². The molecule has 0 bridgehead atoms. The van der Waals surface area contributed by atoms with Gasteiger partial charge in [0.2, 0.25) is 0 Å². The van der Waals surface area contributed by atoms with Gasteiger partial charge in [0, 0.05) is 5.92 Å². The molecular formula is C15H22O4. The molecule has 4 nitrogen and oxygen atoms in total. The van der Waals surface area contributed by atoms with Crippen molar-refractivity contribution in [3.8, 4) is 0 Å². The van der Waals surface area contributed by atoms with Gasteiger partial charge in [-0.1, -0.05) is 6.92 Å². The molecule has 0 spiro atoms. The van der Waals surface area contributed by atoms with E-state index in [1.54, 1.807) is 0 Å². The minimum absolute atomic E-state index is 0.00123. The van der Waals surface area contributed by atoms with E-state index in [0.717, 1.165) is 25.7 Å². The Morgan fingerprint density at radius 1 is 1.11 bits per heavy atom. The first-order valence-electron chi connectivity index (χ1n) is 7.49. The molecule has 0 radical (unpaired) electrons. The van der Waals surface area contributed by atoms with Gasteiger partial charge >= 0.3 is 5.97 Å². The van der Waals surface area contributed by atoms with E-state index in [1.165, 1.54) is 0 Å². The number of carbonyl (C=O) groups excluding carboxylic acids is 1. The van der Waals surface area contributed by atoms with Gasteiger partial charge in [-0.15, -0.1) is 0 Å². The van der Waals surface area contributed by atoms with E-state index >= 15 is 0 Å². The molecule has 4 aliphatic rings. The van der Waals surface area contributed by atoms with Gasteiger partial charge in [-0.2, -0.15) is 0 Å². The van der Waals surface area contributed by atoms with Crippen molar-refractivity contribution < 1.29 is 19.0 Å². The Morgan fingerprint density at radius 3 is 2.63 bits per heavy atom. The molecule has 106 valence electrons. The number of rotatable bonds is 0. The molecule has 3 heterocycles. The summed E-state index contributed by atoms with van der Waals surface area (Å²) in [5, 5.41) is 0. The van der Waals surface area contributed by atoms with Crippen LogP contribution in [0.15, 0.2) is 0 Å². The maximum absolute atomic E-state index is 11.9. The Morgan fingerprint density at radius 2 is 1.84 bits per heavy atom. The van der Waals surface area contributed by atoms with Crippen LogP contribution in [0.1, 0.15) is 46.5 Å². The molecular weight excluding hydrogens is 244 g/mol. The summed E-state index contributed by atoms with van der Waals surface area (Å²) in [6.07, 6.45) is 4.56. The molecule has 4 fully saturated rings. The molecule has 1 saturated carbocycles. The largest absolute Gasteiger partial charge is 0.459 e. The highest BCUT2D eigenvalue weighted by atomic mass is 16.6. The molecule has 3 saturated heterocycles. The van der Waals surface area contributed by atoms with Crippen LogP contribution in [0, 0.1) is 11.8 Å². The molecule has 1 aliphatic carbocycles. The third-order valence-corrected chi connectivity index (χ3v) is 5.84. The van der Waals surface area contributed by atoms with Gasteiger partial charge in [-0.05, 0) is 39.5 Å². The van der Waals surface area contributed by atoms with Gasteiger partial charge in [-0.25, -0.2) is 0 Å². The molecule has 0 aromatic rings. The van der Waals surface area contributed by atoms with E-state index in [-0.39, 0.29) is 35.3 Å². The van der Waals surface area contributed by atoms with E-state index in [0.29, 0.717) is 12.0 Å². The van der Waals surface area contributed by atoms with Gasteiger partial charge in [0.1, 0.15) is 12.2 Å². The molecule has 0 aromatic carbocycles. The molecule has 4 rings (SSSR count). The highest BCUT2D eigenvalue weighted by molar-refractivity contribution is 5.75. The minimum atomic E-state index is -0.0997. The van der Waals surface area contributed by atoms with Crippen molar-refractivity contribution in [1.29, 1.82) is 0 Å². The van der Waals surface area contributed by atoms with Crippen molar-refractivity contribution in [2.24, 2.45) is 11.8 Å². The number of epoxide rings is 2. The van der Waals surface area contributed by atoms with Crippen LogP contribution in [-0.2, 0) is 19.0 Å². The van der Waals surface area contributed by atoms with Crippen molar-refractivity contribution in [3.05, 3.63) is 0 Å². The lowest BCUT2D eigenvalue weighted by Crippen LogP contribution is -2.31. The van der Waals surface area contributed by atoms with E-state index in [4.69, 9.17) is 14.2 Å². The van der Waals surface area contributed by atoms with E-state index in [1.807, 2.05) is 6.92 Å². The second-order valence-corrected chi connectivity index (χ2v) is 7.20. The van der Waals surface area contributed by atoms with Crippen LogP contribution in [0.4, 0.5) is 0 Å². The van der Waals surface area contributed by atoms with Crippen molar-refractivity contribution in [3.63, 3.8) is 0 Å². The summed E-state index contributed by atoms with van der Waals surface area (Å²) in [6.45, 7) is 6.34. The van der Waals surface area contributed by atoms with Crippen LogP contribution < -0.4 is 0 Å².